The SMILES string of the molecule is CCc1ccc(-c2nc3c(N4CCN(CCOc5ccc([N+](=O)[O-])c(F)c5)CC4)cccc3[nH]2)cc1. The lowest BCUT2D eigenvalue weighted by Gasteiger charge is -2.36. The van der Waals surface area contributed by atoms with Gasteiger partial charge in [-0.25, -0.2) is 4.98 Å². The fraction of sp³-hybridized carbons (Fsp3) is 0.296. The number of nitrogens with zero attached hydrogens (tertiary/aromatic N) is 4. The maximum atomic E-state index is 13.8. The molecule has 0 spiro atoms. The molecule has 0 atom stereocenters. The summed E-state index contributed by atoms with van der Waals surface area (Å²) in [5, 5.41) is 10.8. The number of hydrogen-bond donors (Lipinski definition) is 1. The van der Waals surface area contributed by atoms with E-state index in [4.69, 9.17) is 9.72 Å². The van der Waals surface area contributed by atoms with E-state index in [0.717, 1.165) is 72.8 Å². The Morgan fingerprint density at radius 1 is 1.08 bits per heavy atom. The Bertz CT molecular complexity index is 1360. The fourth-order valence-corrected chi connectivity index (χ4v) is 4.54. The van der Waals surface area contributed by atoms with Gasteiger partial charge in [-0.2, -0.15) is 4.39 Å². The van der Waals surface area contributed by atoms with Gasteiger partial charge in [0, 0.05) is 50.4 Å². The predicted molar refractivity (Wildman–Crippen MR) is 138 cm³/mol. The number of nitro benzene ring substituents is 1. The monoisotopic (exact) mass is 489 g/mol. The molecule has 1 fully saturated rings. The van der Waals surface area contributed by atoms with Gasteiger partial charge < -0.3 is 14.6 Å². The molecule has 0 amide bonds. The molecular weight excluding hydrogens is 461 g/mol. The zero-order valence-corrected chi connectivity index (χ0v) is 20.1. The van der Waals surface area contributed by atoms with Crippen LogP contribution in [0.3, 0.4) is 0 Å². The summed E-state index contributed by atoms with van der Waals surface area (Å²) in [6, 6.07) is 18.4. The number of benzene rings is 3. The van der Waals surface area contributed by atoms with Crippen LogP contribution < -0.4 is 9.64 Å². The quantitative estimate of drug-likeness (QED) is 0.276. The summed E-state index contributed by atoms with van der Waals surface area (Å²) < 4.78 is 19.4. The molecule has 2 heterocycles. The van der Waals surface area contributed by atoms with Gasteiger partial charge in [-0.3, -0.25) is 15.0 Å². The van der Waals surface area contributed by atoms with E-state index in [0.29, 0.717) is 18.9 Å². The highest BCUT2D eigenvalue weighted by Crippen LogP contribution is 2.29. The molecule has 0 aliphatic carbocycles. The minimum Gasteiger partial charge on any atom is -0.492 e. The van der Waals surface area contributed by atoms with Crippen LogP contribution in [-0.4, -0.2) is 59.1 Å². The molecular formula is C27H28FN5O3. The van der Waals surface area contributed by atoms with Crippen LogP contribution in [0, 0.1) is 15.9 Å². The van der Waals surface area contributed by atoms with E-state index in [-0.39, 0.29) is 0 Å². The van der Waals surface area contributed by atoms with Crippen molar-refractivity contribution in [3.8, 4) is 17.1 Å². The smallest absolute Gasteiger partial charge is 0.305 e. The summed E-state index contributed by atoms with van der Waals surface area (Å²) in [6.07, 6.45) is 1.01. The van der Waals surface area contributed by atoms with Crippen molar-refractivity contribution in [2.75, 3.05) is 44.2 Å². The molecule has 1 N–H and O–H groups in total. The number of aromatic nitrogens is 2. The van der Waals surface area contributed by atoms with Crippen molar-refractivity contribution in [3.05, 3.63) is 82.2 Å². The molecule has 1 saturated heterocycles. The van der Waals surface area contributed by atoms with E-state index in [1.165, 1.54) is 11.6 Å². The summed E-state index contributed by atoms with van der Waals surface area (Å²) in [6.45, 7) is 6.67. The number of halogens is 1. The minimum absolute atomic E-state index is 0.294. The van der Waals surface area contributed by atoms with E-state index in [2.05, 4.69) is 64.2 Å². The molecule has 8 nitrogen and oxygen atoms in total. The van der Waals surface area contributed by atoms with Crippen molar-refractivity contribution >= 4 is 22.4 Å². The molecule has 3 aromatic carbocycles. The first-order chi connectivity index (χ1) is 17.5. The zero-order chi connectivity index (χ0) is 25.1. The number of anilines is 1. The largest absolute Gasteiger partial charge is 0.492 e. The second kappa shape index (κ2) is 10.3. The Morgan fingerprint density at radius 2 is 1.86 bits per heavy atom. The van der Waals surface area contributed by atoms with Crippen molar-refractivity contribution in [2.24, 2.45) is 0 Å². The normalized spacial score (nSPS) is 14.3. The van der Waals surface area contributed by atoms with Gasteiger partial charge in [0.1, 0.15) is 23.7 Å². The highest BCUT2D eigenvalue weighted by atomic mass is 19.1. The van der Waals surface area contributed by atoms with Gasteiger partial charge in [0.2, 0.25) is 5.82 Å². The van der Waals surface area contributed by atoms with Crippen LogP contribution in [0.15, 0.2) is 60.7 Å². The third-order valence-electron chi connectivity index (χ3n) is 6.63. The molecule has 1 aromatic heterocycles. The van der Waals surface area contributed by atoms with Crippen molar-refractivity contribution in [2.45, 2.75) is 13.3 Å². The molecule has 0 radical (unpaired) electrons. The second-order valence-electron chi connectivity index (χ2n) is 8.86. The highest BCUT2D eigenvalue weighted by Gasteiger charge is 2.20. The molecule has 36 heavy (non-hydrogen) atoms. The lowest BCUT2D eigenvalue weighted by Crippen LogP contribution is -2.47. The first-order valence-electron chi connectivity index (χ1n) is 12.1. The summed E-state index contributed by atoms with van der Waals surface area (Å²) in [7, 11) is 0. The number of aryl methyl sites for hydroxylation is 1. The van der Waals surface area contributed by atoms with Gasteiger partial charge in [-0.1, -0.05) is 37.3 Å². The van der Waals surface area contributed by atoms with Gasteiger partial charge in [-0.05, 0) is 30.2 Å². The van der Waals surface area contributed by atoms with E-state index in [1.807, 2.05) is 0 Å². The van der Waals surface area contributed by atoms with Crippen LogP contribution in [0.25, 0.3) is 22.4 Å². The van der Waals surface area contributed by atoms with Crippen LogP contribution in [0.4, 0.5) is 15.8 Å². The first-order valence-corrected chi connectivity index (χ1v) is 12.1. The third-order valence-corrected chi connectivity index (χ3v) is 6.63. The van der Waals surface area contributed by atoms with Gasteiger partial charge >= 0.3 is 5.69 Å². The van der Waals surface area contributed by atoms with Gasteiger partial charge in [0.15, 0.2) is 0 Å². The molecule has 1 aliphatic rings. The topological polar surface area (TPSA) is 87.5 Å². The standard InChI is InChI=1S/C27H28FN5O3/c1-2-19-6-8-20(9-7-19)27-29-23-4-3-5-25(26(23)30-27)32-14-12-31(13-15-32)16-17-36-21-10-11-24(33(34)35)22(28)18-21/h3-11,18H,2,12-17H2,1H3,(H,29,30). The van der Waals surface area contributed by atoms with Crippen molar-refractivity contribution in [3.63, 3.8) is 0 Å². The minimum atomic E-state index is -0.889. The summed E-state index contributed by atoms with van der Waals surface area (Å²) in [5.74, 6) is 0.278. The lowest BCUT2D eigenvalue weighted by molar-refractivity contribution is -0.387. The Hall–Kier alpha value is -3.98. The maximum Gasteiger partial charge on any atom is 0.305 e. The number of aromatic amines is 1. The molecule has 0 unspecified atom stereocenters. The Labute approximate surface area is 208 Å². The van der Waals surface area contributed by atoms with Crippen LogP contribution >= 0.6 is 0 Å². The van der Waals surface area contributed by atoms with Crippen molar-refractivity contribution in [1.29, 1.82) is 0 Å². The summed E-state index contributed by atoms with van der Waals surface area (Å²) in [5.41, 5.74) is 4.95. The molecule has 0 saturated carbocycles. The summed E-state index contributed by atoms with van der Waals surface area (Å²) >= 11 is 0. The Balaban J connectivity index is 1.19. The van der Waals surface area contributed by atoms with Crippen LogP contribution in [0.1, 0.15) is 12.5 Å². The van der Waals surface area contributed by atoms with Crippen molar-refractivity contribution in [1.82, 2.24) is 14.9 Å². The van der Waals surface area contributed by atoms with E-state index < -0.39 is 16.4 Å². The molecule has 0 bridgehead atoms. The molecule has 9 heteroatoms. The number of nitrogens with one attached hydrogen (secondary N) is 1. The van der Waals surface area contributed by atoms with Gasteiger partial charge in [-0.15, -0.1) is 0 Å². The lowest BCUT2D eigenvalue weighted by atomic mass is 10.1. The molecule has 5 rings (SSSR count). The first kappa shape index (κ1) is 23.7. The van der Waals surface area contributed by atoms with Crippen LogP contribution in [-0.2, 0) is 6.42 Å². The fourth-order valence-electron chi connectivity index (χ4n) is 4.54. The van der Waals surface area contributed by atoms with E-state index in [9.17, 15) is 14.5 Å². The molecule has 1 aliphatic heterocycles. The number of H-pyrrole nitrogens is 1. The van der Waals surface area contributed by atoms with E-state index >= 15 is 0 Å². The number of imidazole rings is 1. The number of ether oxygens (including phenoxy) is 1. The highest BCUT2D eigenvalue weighted by molar-refractivity contribution is 5.91. The summed E-state index contributed by atoms with van der Waals surface area (Å²) in [4.78, 5) is 23.1. The Morgan fingerprint density at radius 3 is 2.56 bits per heavy atom. The average Bonchev–Trinajstić information content (AvgIpc) is 3.34. The average molecular weight is 490 g/mol. The zero-order valence-electron chi connectivity index (χ0n) is 20.1. The van der Waals surface area contributed by atoms with Crippen molar-refractivity contribution < 1.29 is 14.1 Å². The number of rotatable bonds is 8. The van der Waals surface area contributed by atoms with Gasteiger partial charge in [0.05, 0.1) is 16.1 Å². The number of nitro groups is 1. The van der Waals surface area contributed by atoms with Crippen LogP contribution in [0.5, 0.6) is 5.75 Å². The number of hydrogen-bond acceptors (Lipinski definition) is 6. The predicted octanol–water partition coefficient (Wildman–Crippen LogP) is 5.04. The second-order valence-corrected chi connectivity index (χ2v) is 8.86. The molecule has 186 valence electrons. The number of piperazine rings is 1. The van der Waals surface area contributed by atoms with Gasteiger partial charge in [0.25, 0.3) is 0 Å². The maximum absolute atomic E-state index is 13.8. The van der Waals surface area contributed by atoms with E-state index in [1.54, 1.807) is 0 Å². The third kappa shape index (κ3) is 5.01. The van der Waals surface area contributed by atoms with Crippen LogP contribution in [0.2, 0.25) is 0 Å². The number of para-hydroxylation sites is 1. The number of fused-ring (bicyclic) bond motifs is 1. The Kier molecular flexibility index (Phi) is 6.81. The molecule has 4 aromatic rings.